The zero-order valence-electron chi connectivity index (χ0n) is 10.9. The monoisotopic (exact) mass is 246 g/mol. The third-order valence-corrected chi connectivity index (χ3v) is 2.83. The molecular formula is C15H22N2O. The smallest absolute Gasteiger partial charge is 0.237 e. The molecule has 0 fully saturated rings. The Bertz CT molecular complexity index is 375. The van der Waals surface area contributed by atoms with Crippen LogP contribution in [0.3, 0.4) is 0 Å². The molecule has 0 saturated carbocycles. The van der Waals surface area contributed by atoms with Gasteiger partial charge in [0.2, 0.25) is 5.91 Å². The predicted molar refractivity (Wildman–Crippen MR) is 75.2 cm³/mol. The second kappa shape index (κ2) is 7.67. The van der Waals surface area contributed by atoms with E-state index in [4.69, 9.17) is 5.73 Å². The van der Waals surface area contributed by atoms with E-state index in [1.54, 1.807) is 6.08 Å². The van der Waals surface area contributed by atoms with Crippen LogP contribution in [0.5, 0.6) is 0 Å². The van der Waals surface area contributed by atoms with Crippen LogP contribution in [0.1, 0.15) is 25.3 Å². The Balaban J connectivity index is 2.34. The molecule has 0 aromatic heterocycles. The molecule has 2 unspecified atom stereocenters. The second-order valence-corrected chi connectivity index (χ2v) is 4.56. The zero-order chi connectivity index (χ0) is 13.4. The number of amides is 1. The molecular weight excluding hydrogens is 224 g/mol. The van der Waals surface area contributed by atoms with Crippen molar-refractivity contribution < 1.29 is 4.79 Å². The van der Waals surface area contributed by atoms with Crippen molar-refractivity contribution in [3.05, 3.63) is 48.6 Å². The lowest BCUT2D eigenvalue weighted by Gasteiger charge is -2.16. The molecule has 98 valence electrons. The quantitative estimate of drug-likeness (QED) is 0.723. The van der Waals surface area contributed by atoms with Crippen LogP contribution in [0.2, 0.25) is 0 Å². The topological polar surface area (TPSA) is 55.1 Å². The number of hydrogen-bond donors (Lipinski definition) is 2. The van der Waals surface area contributed by atoms with Gasteiger partial charge in [-0.2, -0.15) is 0 Å². The number of nitrogens with one attached hydrogen (secondary N) is 1. The number of carbonyl (C=O) groups is 1. The molecule has 18 heavy (non-hydrogen) atoms. The maximum atomic E-state index is 11.8. The fourth-order valence-electron chi connectivity index (χ4n) is 1.76. The van der Waals surface area contributed by atoms with Crippen LogP contribution in [0.15, 0.2) is 43.0 Å². The highest BCUT2D eigenvalue weighted by Crippen LogP contribution is 2.04. The van der Waals surface area contributed by atoms with Gasteiger partial charge >= 0.3 is 0 Å². The minimum atomic E-state index is -0.447. The molecule has 1 aromatic rings. The minimum Gasteiger partial charge on any atom is -0.352 e. The summed E-state index contributed by atoms with van der Waals surface area (Å²) >= 11 is 0. The van der Waals surface area contributed by atoms with Crippen LogP contribution >= 0.6 is 0 Å². The van der Waals surface area contributed by atoms with Gasteiger partial charge in [-0.05, 0) is 31.7 Å². The van der Waals surface area contributed by atoms with E-state index in [0.717, 1.165) is 12.8 Å². The lowest BCUT2D eigenvalue weighted by Crippen LogP contribution is -2.44. The van der Waals surface area contributed by atoms with Gasteiger partial charge in [0.05, 0.1) is 6.04 Å². The van der Waals surface area contributed by atoms with Crippen LogP contribution in [0, 0.1) is 0 Å². The van der Waals surface area contributed by atoms with Crippen molar-refractivity contribution in [1.82, 2.24) is 5.32 Å². The van der Waals surface area contributed by atoms with Gasteiger partial charge in [0.15, 0.2) is 0 Å². The summed E-state index contributed by atoms with van der Waals surface area (Å²) in [6, 6.07) is 9.71. The van der Waals surface area contributed by atoms with Crippen LogP contribution in [0.4, 0.5) is 0 Å². The van der Waals surface area contributed by atoms with Crippen molar-refractivity contribution >= 4 is 5.91 Å². The van der Waals surface area contributed by atoms with Crippen molar-refractivity contribution in [2.45, 2.75) is 38.3 Å². The lowest BCUT2D eigenvalue weighted by atomic mass is 10.0. The second-order valence-electron chi connectivity index (χ2n) is 4.56. The van der Waals surface area contributed by atoms with Gasteiger partial charge in [-0.25, -0.2) is 0 Å². The standard InChI is InChI=1S/C15H22N2O/c1-3-7-12(2)17-15(18)14(16)11-10-13-8-5-4-6-9-13/h3-6,8-9,12,14H,1,7,10-11,16H2,2H3,(H,17,18). The third-order valence-electron chi connectivity index (χ3n) is 2.83. The molecule has 3 heteroatoms. The van der Waals surface area contributed by atoms with Crippen molar-refractivity contribution in [3.8, 4) is 0 Å². The summed E-state index contributed by atoms with van der Waals surface area (Å²) in [4.78, 5) is 11.8. The molecule has 0 saturated heterocycles. The Morgan fingerprint density at radius 1 is 1.44 bits per heavy atom. The van der Waals surface area contributed by atoms with Gasteiger partial charge in [0, 0.05) is 6.04 Å². The first kappa shape index (κ1) is 14.5. The van der Waals surface area contributed by atoms with Gasteiger partial charge in [-0.1, -0.05) is 36.4 Å². The highest BCUT2D eigenvalue weighted by atomic mass is 16.2. The van der Waals surface area contributed by atoms with Gasteiger partial charge < -0.3 is 11.1 Å². The van der Waals surface area contributed by atoms with E-state index < -0.39 is 6.04 Å². The highest BCUT2D eigenvalue weighted by molar-refractivity contribution is 5.81. The normalized spacial score (nSPS) is 13.7. The van der Waals surface area contributed by atoms with Crippen LogP contribution in [0.25, 0.3) is 0 Å². The first-order valence-corrected chi connectivity index (χ1v) is 6.34. The van der Waals surface area contributed by atoms with E-state index in [0.29, 0.717) is 6.42 Å². The third kappa shape index (κ3) is 5.15. The van der Waals surface area contributed by atoms with Crippen molar-refractivity contribution in [2.75, 3.05) is 0 Å². The van der Waals surface area contributed by atoms with E-state index >= 15 is 0 Å². The Kier molecular flexibility index (Phi) is 6.15. The molecule has 0 radical (unpaired) electrons. The van der Waals surface area contributed by atoms with Gasteiger partial charge in [-0.3, -0.25) is 4.79 Å². The van der Waals surface area contributed by atoms with E-state index in [1.165, 1.54) is 5.56 Å². The van der Waals surface area contributed by atoms with Gasteiger partial charge in [-0.15, -0.1) is 6.58 Å². The van der Waals surface area contributed by atoms with Crippen LogP contribution in [-0.2, 0) is 11.2 Å². The molecule has 0 aliphatic heterocycles. The number of nitrogens with two attached hydrogens (primary N) is 1. The molecule has 0 aliphatic carbocycles. The molecule has 1 aromatic carbocycles. The van der Waals surface area contributed by atoms with Crippen LogP contribution < -0.4 is 11.1 Å². The molecule has 0 bridgehead atoms. The number of rotatable bonds is 7. The molecule has 1 rings (SSSR count). The summed E-state index contributed by atoms with van der Waals surface area (Å²) < 4.78 is 0. The van der Waals surface area contributed by atoms with E-state index in [-0.39, 0.29) is 11.9 Å². The summed E-state index contributed by atoms with van der Waals surface area (Å²) in [5, 5.41) is 2.88. The average molecular weight is 246 g/mol. The number of benzene rings is 1. The Hall–Kier alpha value is -1.61. The summed E-state index contributed by atoms with van der Waals surface area (Å²) in [5.74, 6) is -0.0831. The largest absolute Gasteiger partial charge is 0.352 e. The molecule has 1 amide bonds. The summed E-state index contributed by atoms with van der Waals surface area (Å²) in [5.41, 5.74) is 7.08. The lowest BCUT2D eigenvalue weighted by molar-refractivity contribution is -0.123. The van der Waals surface area contributed by atoms with Gasteiger partial charge in [0.25, 0.3) is 0 Å². The van der Waals surface area contributed by atoms with E-state index in [1.807, 2.05) is 37.3 Å². The first-order valence-electron chi connectivity index (χ1n) is 6.34. The Morgan fingerprint density at radius 2 is 2.11 bits per heavy atom. The fraction of sp³-hybridized carbons (Fsp3) is 0.400. The first-order chi connectivity index (χ1) is 8.63. The van der Waals surface area contributed by atoms with Gasteiger partial charge in [0.1, 0.15) is 0 Å². The number of aryl methyl sites for hydroxylation is 1. The molecule has 0 heterocycles. The number of carbonyl (C=O) groups excluding carboxylic acids is 1. The minimum absolute atomic E-state index is 0.0831. The van der Waals surface area contributed by atoms with Crippen molar-refractivity contribution in [3.63, 3.8) is 0 Å². The maximum absolute atomic E-state index is 11.8. The number of hydrogen-bond acceptors (Lipinski definition) is 2. The maximum Gasteiger partial charge on any atom is 0.237 e. The molecule has 3 N–H and O–H groups in total. The molecule has 0 spiro atoms. The predicted octanol–water partition coefficient (Wildman–Crippen LogP) is 2.03. The van der Waals surface area contributed by atoms with Crippen molar-refractivity contribution in [2.24, 2.45) is 5.73 Å². The Morgan fingerprint density at radius 3 is 2.72 bits per heavy atom. The average Bonchev–Trinajstić information content (AvgIpc) is 2.37. The highest BCUT2D eigenvalue weighted by Gasteiger charge is 2.14. The molecule has 0 aliphatic rings. The van der Waals surface area contributed by atoms with Crippen LogP contribution in [-0.4, -0.2) is 18.0 Å². The SMILES string of the molecule is C=CCC(C)NC(=O)C(N)CCc1ccccc1. The molecule has 2 atom stereocenters. The van der Waals surface area contributed by atoms with E-state index in [2.05, 4.69) is 11.9 Å². The summed E-state index contributed by atoms with van der Waals surface area (Å²) in [6.45, 7) is 5.59. The zero-order valence-corrected chi connectivity index (χ0v) is 10.9. The molecule has 3 nitrogen and oxygen atoms in total. The summed E-state index contributed by atoms with van der Waals surface area (Å²) in [7, 11) is 0. The fourth-order valence-corrected chi connectivity index (χ4v) is 1.76. The van der Waals surface area contributed by atoms with E-state index in [9.17, 15) is 4.79 Å². The summed E-state index contributed by atoms with van der Waals surface area (Å²) in [6.07, 6.45) is 4.04. The Labute approximate surface area is 109 Å². The van der Waals surface area contributed by atoms with Crippen molar-refractivity contribution in [1.29, 1.82) is 0 Å².